The van der Waals surface area contributed by atoms with Crippen molar-refractivity contribution in [1.29, 1.82) is 0 Å². The van der Waals surface area contributed by atoms with E-state index in [0.29, 0.717) is 0 Å². The number of nitrogens with zero attached hydrogens (tertiary/aromatic N) is 2. The Balaban J connectivity index is 2.28. The van der Waals surface area contributed by atoms with E-state index in [2.05, 4.69) is 38.1 Å². The quantitative estimate of drug-likeness (QED) is 0.775. The topological polar surface area (TPSA) is 33.2 Å². The molecule has 0 spiro atoms. The third-order valence-corrected chi connectivity index (χ3v) is 4.95. The molecule has 0 fully saturated rings. The van der Waals surface area contributed by atoms with Crippen molar-refractivity contribution in [3.05, 3.63) is 35.4 Å². The zero-order valence-electron chi connectivity index (χ0n) is 14.0. The SMILES string of the molecule is CCN(CC)C(=O)C(C)Sc1cc(C)c2cccc(C)c2n1. The molecule has 0 bridgehead atoms. The molecular formula is C18H24N2OS. The first kappa shape index (κ1) is 16.8. The van der Waals surface area contributed by atoms with Gasteiger partial charge >= 0.3 is 0 Å². The van der Waals surface area contributed by atoms with Crippen molar-refractivity contribution in [2.45, 2.75) is 44.9 Å². The first-order valence-corrected chi connectivity index (χ1v) is 8.68. The summed E-state index contributed by atoms with van der Waals surface area (Å²) in [6.45, 7) is 11.7. The van der Waals surface area contributed by atoms with Gasteiger partial charge in [-0.2, -0.15) is 0 Å². The monoisotopic (exact) mass is 316 g/mol. The van der Waals surface area contributed by atoms with Gasteiger partial charge in [0.05, 0.1) is 15.8 Å². The summed E-state index contributed by atoms with van der Waals surface area (Å²) in [7, 11) is 0. The number of thioether (sulfide) groups is 1. The number of aryl methyl sites for hydroxylation is 2. The molecule has 1 amide bonds. The molecule has 22 heavy (non-hydrogen) atoms. The minimum Gasteiger partial charge on any atom is -0.342 e. The van der Waals surface area contributed by atoms with Gasteiger partial charge in [-0.15, -0.1) is 0 Å². The van der Waals surface area contributed by atoms with Crippen LogP contribution in [0.25, 0.3) is 10.9 Å². The second kappa shape index (κ2) is 7.14. The minimum absolute atomic E-state index is 0.117. The highest BCUT2D eigenvalue weighted by molar-refractivity contribution is 8.00. The van der Waals surface area contributed by atoms with E-state index in [1.807, 2.05) is 25.7 Å². The van der Waals surface area contributed by atoms with E-state index in [0.717, 1.165) is 23.6 Å². The number of rotatable bonds is 5. The van der Waals surface area contributed by atoms with E-state index in [9.17, 15) is 4.79 Å². The van der Waals surface area contributed by atoms with Crippen LogP contribution in [0.1, 0.15) is 31.9 Å². The van der Waals surface area contributed by atoms with E-state index in [-0.39, 0.29) is 11.2 Å². The molecule has 0 aliphatic heterocycles. The number of carbonyl (C=O) groups is 1. The fourth-order valence-electron chi connectivity index (χ4n) is 2.62. The van der Waals surface area contributed by atoms with Crippen LogP contribution in [0.5, 0.6) is 0 Å². The van der Waals surface area contributed by atoms with Crippen molar-refractivity contribution in [2.24, 2.45) is 0 Å². The molecule has 118 valence electrons. The lowest BCUT2D eigenvalue weighted by Gasteiger charge is -2.22. The number of fused-ring (bicyclic) bond motifs is 1. The lowest BCUT2D eigenvalue weighted by molar-refractivity contribution is -0.129. The van der Waals surface area contributed by atoms with Crippen LogP contribution in [0.3, 0.4) is 0 Å². The predicted octanol–water partition coefficient (Wildman–Crippen LogP) is 4.20. The van der Waals surface area contributed by atoms with Gasteiger partial charge in [0.2, 0.25) is 5.91 Å². The lowest BCUT2D eigenvalue weighted by atomic mass is 10.1. The van der Waals surface area contributed by atoms with E-state index in [1.165, 1.54) is 16.5 Å². The molecule has 1 atom stereocenters. The maximum atomic E-state index is 12.4. The maximum absolute atomic E-state index is 12.4. The molecule has 2 rings (SSSR count). The molecule has 1 aromatic heterocycles. The number of hydrogen-bond donors (Lipinski definition) is 0. The maximum Gasteiger partial charge on any atom is 0.235 e. The van der Waals surface area contributed by atoms with E-state index < -0.39 is 0 Å². The average Bonchev–Trinajstić information content (AvgIpc) is 2.49. The number of pyridine rings is 1. The summed E-state index contributed by atoms with van der Waals surface area (Å²) in [5.41, 5.74) is 3.41. The summed E-state index contributed by atoms with van der Waals surface area (Å²) < 4.78 is 0. The Hall–Kier alpha value is -1.55. The number of benzene rings is 1. The normalized spacial score (nSPS) is 12.4. The highest BCUT2D eigenvalue weighted by Gasteiger charge is 2.20. The van der Waals surface area contributed by atoms with Crippen molar-refractivity contribution in [1.82, 2.24) is 9.88 Å². The Morgan fingerprint density at radius 3 is 2.55 bits per heavy atom. The van der Waals surface area contributed by atoms with Crippen LogP contribution in [0.4, 0.5) is 0 Å². The van der Waals surface area contributed by atoms with Crippen LogP contribution in [0.2, 0.25) is 0 Å². The summed E-state index contributed by atoms with van der Waals surface area (Å²) in [6, 6.07) is 8.32. The zero-order valence-corrected chi connectivity index (χ0v) is 14.8. The zero-order chi connectivity index (χ0) is 16.3. The van der Waals surface area contributed by atoms with Gasteiger partial charge in [0, 0.05) is 18.5 Å². The van der Waals surface area contributed by atoms with Gasteiger partial charge in [-0.25, -0.2) is 4.98 Å². The van der Waals surface area contributed by atoms with Gasteiger partial charge < -0.3 is 4.90 Å². The standard InChI is InChI=1S/C18H24N2OS/c1-6-20(7-2)18(21)14(5)22-16-11-13(4)15-10-8-9-12(3)17(15)19-16/h8-11,14H,6-7H2,1-5H3. The molecule has 0 saturated heterocycles. The van der Waals surface area contributed by atoms with E-state index in [4.69, 9.17) is 4.98 Å². The molecular weight excluding hydrogens is 292 g/mol. The number of amides is 1. The Bertz CT molecular complexity index is 680. The number of para-hydroxylation sites is 1. The lowest BCUT2D eigenvalue weighted by Crippen LogP contribution is -2.36. The van der Waals surface area contributed by atoms with Crippen LogP contribution in [-0.2, 0) is 4.79 Å². The highest BCUT2D eigenvalue weighted by Crippen LogP contribution is 2.28. The Morgan fingerprint density at radius 1 is 1.23 bits per heavy atom. The van der Waals surface area contributed by atoms with E-state index >= 15 is 0 Å². The average molecular weight is 316 g/mol. The molecule has 1 unspecified atom stereocenters. The molecule has 4 heteroatoms. The second-order valence-electron chi connectivity index (χ2n) is 5.52. The molecule has 0 radical (unpaired) electrons. The van der Waals surface area contributed by atoms with Crippen molar-refractivity contribution < 1.29 is 4.79 Å². The van der Waals surface area contributed by atoms with Crippen molar-refractivity contribution in [3.8, 4) is 0 Å². The van der Waals surface area contributed by atoms with Crippen LogP contribution < -0.4 is 0 Å². The second-order valence-corrected chi connectivity index (χ2v) is 6.88. The smallest absolute Gasteiger partial charge is 0.235 e. The van der Waals surface area contributed by atoms with E-state index in [1.54, 1.807) is 11.8 Å². The first-order chi connectivity index (χ1) is 10.5. The molecule has 3 nitrogen and oxygen atoms in total. The van der Waals surface area contributed by atoms with Crippen molar-refractivity contribution in [2.75, 3.05) is 13.1 Å². The number of hydrogen-bond acceptors (Lipinski definition) is 3. The highest BCUT2D eigenvalue weighted by atomic mass is 32.2. The predicted molar refractivity (Wildman–Crippen MR) is 94.5 cm³/mol. The van der Waals surface area contributed by atoms with Crippen LogP contribution in [-0.4, -0.2) is 34.1 Å². The molecule has 0 aliphatic carbocycles. The van der Waals surface area contributed by atoms with Crippen molar-refractivity contribution >= 4 is 28.6 Å². The molecule has 2 aromatic rings. The van der Waals surface area contributed by atoms with Crippen molar-refractivity contribution in [3.63, 3.8) is 0 Å². The summed E-state index contributed by atoms with van der Waals surface area (Å²) >= 11 is 1.55. The fourth-order valence-corrected chi connectivity index (χ4v) is 3.62. The number of carbonyl (C=O) groups excluding carboxylic acids is 1. The Morgan fingerprint density at radius 2 is 1.91 bits per heavy atom. The third kappa shape index (κ3) is 3.43. The largest absolute Gasteiger partial charge is 0.342 e. The van der Waals surface area contributed by atoms with Gasteiger partial charge in [-0.3, -0.25) is 4.79 Å². The molecule has 0 N–H and O–H groups in total. The Kier molecular flexibility index (Phi) is 5.46. The summed E-state index contributed by atoms with van der Waals surface area (Å²) in [5, 5.41) is 1.99. The third-order valence-electron chi connectivity index (χ3n) is 3.94. The first-order valence-electron chi connectivity index (χ1n) is 7.80. The summed E-state index contributed by atoms with van der Waals surface area (Å²) in [6.07, 6.45) is 0. The molecule has 0 saturated carbocycles. The van der Waals surface area contributed by atoms with Gasteiger partial charge in [-0.1, -0.05) is 30.0 Å². The van der Waals surface area contributed by atoms with Crippen LogP contribution >= 0.6 is 11.8 Å². The summed E-state index contributed by atoms with van der Waals surface area (Å²) in [4.78, 5) is 19.0. The van der Waals surface area contributed by atoms with Crippen LogP contribution in [0, 0.1) is 13.8 Å². The van der Waals surface area contributed by atoms with Gasteiger partial charge in [-0.05, 0) is 51.8 Å². The Labute approximate surface area is 137 Å². The fraction of sp³-hybridized carbons (Fsp3) is 0.444. The molecule has 1 heterocycles. The molecule has 1 aromatic carbocycles. The van der Waals surface area contributed by atoms with Gasteiger partial charge in [0.1, 0.15) is 0 Å². The molecule has 0 aliphatic rings. The van der Waals surface area contributed by atoms with Crippen LogP contribution in [0.15, 0.2) is 29.3 Å². The number of aromatic nitrogens is 1. The minimum atomic E-state index is -0.117. The van der Waals surface area contributed by atoms with Gasteiger partial charge in [0.15, 0.2) is 0 Å². The summed E-state index contributed by atoms with van der Waals surface area (Å²) in [5.74, 6) is 0.180. The van der Waals surface area contributed by atoms with Gasteiger partial charge in [0.25, 0.3) is 0 Å².